The first-order valence-electron chi connectivity index (χ1n) is 6.61. The summed E-state index contributed by atoms with van der Waals surface area (Å²) in [7, 11) is 0. The number of benzene rings is 1. The van der Waals surface area contributed by atoms with Gasteiger partial charge in [-0.25, -0.2) is 0 Å². The van der Waals surface area contributed by atoms with Gasteiger partial charge in [0, 0.05) is 24.5 Å². The van der Waals surface area contributed by atoms with Crippen LogP contribution in [0.15, 0.2) is 47.7 Å². The highest BCUT2D eigenvalue weighted by molar-refractivity contribution is 7.80. The summed E-state index contributed by atoms with van der Waals surface area (Å²) < 4.78 is 0. The van der Waals surface area contributed by atoms with E-state index in [4.69, 9.17) is 12.6 Å². The smallest absolute Gasteiger partial charge is 0.0442 e. The molecule has 0 radical (unpaired) electrons. The van der Waals surface area contributed by atoms with E-state index in [2.05, 4.69) is 48.4 Å². The van der Waals surface area contributed by atoms with E-state index in [1.165, 1.54) is 24.0 Å². The number of nitrogens with zero attached hydrogens (tertiary/aromatic N) is 1. The van der Waals surface area contributed by atoms with Gasteiger partial charge in [-0.05, 0) is 36.5 Å². The number of aryl methyl sites for hydroxylation is 1. The summed E-state index contributed by atoms with van der Waals surface area (Å²) in [6, 6.07) is 8.71. The molecule has 94 valence electrons. The second-order valence-corrected chi connectivity index (χ2v) is 5.90. The first kappa shape index (κ1) is 11.9. The molecular weight excluding hydrogens is 238 g/mol. The molecule has 1 aliphatic heterocycles. The van der Waals surface area contributed by atoms with E-state index >= 15 is 0 Å². The van der Waals surface area contributed by atoms with Crippen molar-refractivity contribution < 1.29 is 0 Å². The van der Waals surface area contributed by atoms with Gasteiger partial charge < -0.3 is 4.90 Å². The second-order valence-electron chi connectivity index (χ2n) is 5.28. The van der Waals surface area contributed by atoms with Crippen LogP contribution in [0.25, 0.3) is 0 Å². The summed E-state index contributed by atoms with van der Waals surface area (Å²) in [6.45, 7) is 4.20. The number of allylic oxidation sites excluding steroid dienone is 1. The van der Waals surface area contributed by atoms with Crippen molar-refractivity contribution in [3.8, 4) is 0 Å². The maximum absolute atomic E-state index is 4.74. The Kier molecular flexibility index (Phi) is 3.21. The van der Waals surface area contributed by atoms with Gasteiger partial charge in [-0.2, -0.15) is 12.6 Å². The Morgan fingerprint density at radius 2 is 2.00 bits per heavy atom. The van der Waals surface area contributed by atoms with Gasteiger partial charge in [0.05, 0.1) is 0 Å². The molecule has 1 heterocycles. The van der Waals surface area contributed by atoms with E-state index in [-0.39, 0.29) is 0 Å². The van der Waals surface area contributed by atoms with Crippen LogP contribution in [0.5, 0.6) is 0 Å². The van der Waals surface area contributed by atoms with Gasteiger partial charge in [0.15, 0.2) is 0 Å². The molecule has 1 aromatic rings. The predicted octanol–water partition coefficient (Wildman–Crippen LogP) is 3.89. The van der Waals surface area contributed by atoms with E-state index in [0.717, 1.165) is 13.1 Å². The Morgan fingerprint density at radius 1 is 1.22 bits per heavy atom. The van der Waals surface area contributed by atoms with Gasteiger partial charge in [0.2, 0.25) is 0 Å². The molecule has 3 rings (SSSR count). The summed E-state index contributed by atoms with van der Waals surface area (Å²) >= 11 is 4.74. The van der Waals surface area contributed by atoms with Gasteiger partial charge in [0.1, 0.15) is 0 Å². The molecule has 2 heteroatoms. The van der Waals surface area contributed by atoms with Crippen molar-refractivity contribution in [2.24, 2.45) is 0 Å². The zero-order chi connectivity index (χ0) is 12.5. The Bertz CT molecular complexity index is 498. The fraction of sp³-hybridized carbons (Fsp3) is 0.375. The first-order valence-corrected chi connectivity index (χ1v) is 7.13. The highest BCUT2D eigenvalue weighted by atomic mass is 32.1. The Balaban J connectivity index is 1.65. The van der Waals surface area contributed by atoms with Crippen molar-refractivity contribution >= 4 is 12.6 Å². The average molecular weight is 257 g/mol. The normalized spacial score (nSPS) is 19.6. The molecule has 0 aromatic heterocycles. The molecule has 0 amide bonds. The van der Waals surface area contributed by atoms with Crippen molar-refractivity contribution in [2.45, 2.75) is 25.0 Å². The van der Waals surface area contributed by atoms with Crippen LogP contribution in [0.4, 0.5) is 0 Å². The number of rotatable bonds is 3. The number of hydrogen-bond donors (Lipinski definition) is 1. The molecule has 1 unspecified atom stereocenters. The van der Waals surface area contributed by atoms with E-state index in [9.17, 15) is 0 Å². The van der Waals surface area contributed by atoms with Gasteiger partial charge in [-0.3, -0.25) is 0 Å². The molecule has 0 N–H and O–H groups in total. The second kappa shape index (κ2) is 4.85. The van der Waals surface area contributed by atoms with Crippen molar-refractivity contribution in [1.29, 1.82) is 0 Å². The summed E-state index contributed by atoms with van der Waals surface area (Å²) in [6.07, 6.45) is 7.17. The molecule has 0 bridgehead atoms. The Labute approximate surface area is 115 Å². The van der Waals surface area contributed by atoms with Gasteiger partial charge in [0.25, 0.3) is 0 Å². The van der Waals surface area contributed by atoms with Crippen LogP contribution >= 0.6 is 12.6 Å². The van der Waals surface area contributed by atoms with Crippen LogP contribution in [0.1, 0.15) is 29.2 Å². The lowest BCUT2D eigenvalue weighted by Gasteiger charge is -2.20. The molecule has 1 nitrogen and oxygen atoms in total. The van der Waals surface area contributed by atoms with Crippen molar-refractivity contribution in [3.05, 3.63) is 58.8 Å². The molecule has 0 fully saturated rings. The lowest BCUT2D eigenvalue weighted by molar-refractivity contribution is 0.426. The molecule has 1 aromatic carbocycles. The van der Waals surface area contributed by atoms with Crippen LogP contribution in [0.2, 0.25) is 0 Å². The molecule has 1 aliphatic carbocycles. The number of hydrogen-bond acceptors (Lipinski definition) is 2. The lowest BCUT2D eigenvalue weighted by atomic mass is 10.1. The third kappa shape index (κ3) is 2.35. The third-order valence-electron chi connectivity index (χ3n) is 3.80. The van der Waals surface area contributed by atoms with Crippen LogP contribution in [-0.4, -0.2) is 18.0 Å². The van der Waals surface area contributed by atoms with Gasteiger partial charge in [-0.1, -0.05) is 35.9 Å². The van der Waals surface area contributed by atoms with Gasteiger partial charge >= 0.3 is 0 Å². The molecule has 2 aliphatic rings. The van der Waals surface area contributed by atoms with Crippen molar-refractivity contribution in [1.82, 2.24) is 4.90 Å². The quantitative estimate of drug-likeness (QED) is 0.804. The average Bonchev–Trinajstić information content (AvgIpc) is 2.90. The number of fused-ring (bicyclic) bond motifs is 1. The minimum atomic E-state index is 0.293. The molecule has 18 heavy (non-hydrogen) atoms. The Morgan fingerprint density at radius 3 is 2.72 bits per heavy atom. The minimum Gasteiger partial charge on any atom is -0.371 e. The summed E-state index contributed by atoms with van der Waals surface area (Å²) in [5, 5.41) is 0.293. The molecule has 0 spiro atoms. The molecule has 1 atom stereocenters. The standard InChI is InChI=1S/C16H19NS/c1-12-5-7-13(8-6-12)16(18)11-17-9-14-3-2-4-15(14)10-17/h3,5-8,10,16,18H,2,4,9,11H2,1H3. The maximum Gasteiger partial charge on any atom is 0.0442 e. The number of thiol groups is 1. The van der Waals surface area contributed by atoms with Crippen LogP contribution in [0.3, 0.4) is 0 Å². The first-order chi connectivity index (χ1) is 8.72. The summed E-state index contributed by atoms with van der Waals surface area (Å²) in [5.74, 6) is 0. The molecule has 0 saturated carbocycles. The largest absolute Gasteiger partial charge is 0.371 e. The van der Waals surface area contributed by atoms with Crippen LogP contribution in [-0.2, 0) is 0 Å². The summed E-state index contributed by atoms with van der Waals surface area (Å²) in [4.78, 5) is 2.40. The Hall–Kier alpha value is -1.15. The van der Waals surface area contributed by atoms with E-state index in [0.29, 0.717) is 5.25 Å². The van der Waals surface area contributed by atoms with E-state index < -0.39 is 0 Å². The maximum atomic E-state index is 4.74. The monoisotopic (exact) mass is 257 g/mol. The topological polar surface area (TPSA) is 3.24 Å². The zero-order valence-electron chi connectivity index (χ0n) is 10.8. The van der Waals surface area contributed by atoms with E-state index in [1.807, 2.05) is 0 Å². The van der Waals surface area contributed by atoms with Crippen LogP contribution in [0, 0.1) is 6.92 Å². The van der Waals surface area contributed by atoms with Crippen molar-refractivity contribution in [2.75, 3.05) is 13.1 Å². The van der Waals surface area contributed by atoms with E-state index in [1.54, 1.807) is 11.1 Å². The fourth-order valence-electron chi connectivity index (χ4n) is 2.73. The zero-order valence-corrected chi connectivity index (χ0v) is 11.7. The molecular formula is C16H19NS. The van der Waals surface area contributed by atoms with Crippen LogP contribution < -0.4 is 0 Å². The minimum absolute atomic E-state index is 0.293. The molecule has 0 saturated heterocycles. The van der Waals surface area contributed by atoms with Crippen molar-refractivity contribution in [3.63, 3.8) is 0 Å². The predicted molar refractivity (Wildman–Crippen MR) is 79.9 cm³/mol. The SMILES string of the molecule is Cc1ccc(C(S)CN2C=C3CCC=C3C2)cc1. The lowest BCUT2D eigenvalue weighted by Crippen LogP contribution is -2.20. The highest BCUT2D eigenvalue weighted by Crippen LogP contribution is 2.33. The highest BCUT2D eigenvalue weighted by Gasteiger charge is 2.22. The third-order valence-corrected chi connectivity index (χ3v) is 4.26. The van der Waals surface area contributed by atoms with Gasteiger partial charge in [-0.15, -0.1) is 0 Å². The fourth-order valence-corrected chi connectivity index (χ4v) is 3.11. The summed E-state index contributed by atoms with van der Waals surface area (Å²) in [5.41, 5.74) is 5.70.